The number of alkyl halides is 1. The van der Waals surface area contributed by atoms with E-state index in [0.717, 1.165) is 0 Å². The third-order valence-electron chi connectivity index (χ3n) is 2.95. The second-order valence-corrected chi connectivity index (χ2v) is 7.07. The third-order valence-corrected chi connectivity index (χ3v) is 5.18. The fourth-order valence-corrected chi connectivity index (χ4v) is 3.72. The Bertz CT molecular complexity index is 316. The Morgan fingerprint density at radius 3 is 2.69 bits per heavy atom. The molecule has 1 fully saturated rings. The zero-order valence-electron chi connectivity index (χ0n) is 9.65. The van der Waals surface area contributed by atoms with Gasteiger partial charge in [0.15, 0.2) is 0 Å². The molecule has 0 radical (unpaired) electrons. The molecule has 1 atom stereocenters. The third kappa shape index (κ3) is 4.20. The predicted octanol–water partition coefficient (Wildman–Crippen LogP) is 1.18. The lowest BCUT2D eigenvalue weighted by atomic mass is 9.98. The van der Waals surface area contributed by atoms with E-state index in [2.05, 4.69) is 0 Å². The van der Waals surface area contributed by atoms with Gasteiger partial charge in [-0.25, -0.2) is 12.7 Å². The molecule has 0 amide bonds. The molecule has 0 aromatic heterocycles. The molecule has 0 spiro atoms. The van der Waals surface area contributed by atoms with Crippen LogP contribution in [-0.4, -0.2) is 48.2 Å². The van der Waals surface area contributed by atoms with Crippen molar-refractivity contribution in [1.29, 1.82) is 0 Å². The molecule has 0 bridgehead atoms. The van der Waals surface area contributed by atoms with Crippen LogP contribution in [-0.2, 0) is 10.0 Å². The molecule has 1 aliphatic heterocycles. The van der Waals surface area contributed by atoms with E-state index in [1.165, 1.54) is 4.31 Å². The van der Waals surface area contributed by atoms with Gasteiger partial charge in [-0.2, -0.15) is 0 Å². The highest BCUT2D eigenvalue weighted by Gasteiger charge is 2.29. The maximum atomic E-state index is 11.9. The van der Waals surface area contributed by atoms with Crippen LogP contribution in [0.4, 0.5) is 0 Å². The molecular weight excluding hydrogens is 250 g/mol. The van der Waals surface area contributed by atoms with Crippen LogP contribution in [0.2, 0.25) is 0 Å². The van der Waals surface area contributed by atoms with Crippen molar-refractivity contribution in [2.24, 2.45) is 0 Å². The van der Waals surface area contributed by atoms with E-state index < -0.39 is 15.6 Å². The molecule has 0 aromatic carbocycles. The lowest BCUT2D eigenvalue weighted by Gasteiger charge is -2.22. The molecule has 96 valence electrons. The quantitative estimate of drug-likeness (QED) is 0.780. The summed E-state index contributed by atoms with van der Waals surface area (Å²) in [5.74, 6) is 0.476. The number of halogens is 1. The SMILES string of the molecule is CC1(O)CCCN(S(=O)(=O)CCCCl)CC1. The summed E-state index contributed by atoms with van der Waals surface area (Å²) in [7, 11) is -3.18. The van der Waals surface area contributed by atoms with Crippen LogP contribution < -0.4 is 0 Å². The Hall–Kier alpha value is 0.160. The molecule has 1 aliphatic rings. The van der Waals surface area contributed by atoms with Crippen molar-refractivity contribution >= 4 is 21.6 Å². The Balaban J connectivity index is 2.60. The Morgan fingerprint density at radius 1 is 1.38 bits per heavy atom. The van der Waals surface area contributed by atoms with Crippen molar-refractivity contribution < 1.29 is 13.5 Å². The molecule has 1 N–H and O–H groups in total. The molecular formula is C10H20ClNO3S. The number of aliphatic hydroxyl groups is 1. The zero-order valence-corrected chi connectivity index (χ0v) is 11.2. The first-order chi connectivity index (χ1) is 7.37. The Labute approximate surface area is 103 Å². The van der Waals surface area contributed by atoms with Gasteiger partial charge in [0.2, 0.25) is 10.0 Å². The van der Waals surface area contributed by atoms with Crippen molar-refractivity contribution in [2.75, 3.05) is 24.7 Å². The summed E-state index contributed by atoms with van der Waals surface area (Å²) in [6.45, 7) is 2.69. The van der Waals surface area contributed by atoms with Crippen molar-refractivity contribution in [3.63, 3.8) is 0 Å². The van der Waals surface area contributed by atoms with E-state index in [4.69, 9.17) is 11.6 Å². The first kappa shape index (κ1) is 14.2. The number of nitrogens with zero attached hydrogens (tertiary/aromatic N) is 1. The van der Waals surface area contributed by atoms with Crippen molar-refractivity contribution in [2.45, 2.75) is 38.2 Å². The van der Waals surface area contributed by atoms with E-state index in [1.807, 2.05) is 0 Å². The maximum Gasteiger partial charge on any atom is 0.214 e. The van der Waals surface area contributed by atoms with Gasteiger partial charge in [-0.05, 0) is 32.6 Å². The van der Waals surface area contributed by atoms with E-state index in [0.29, 0.717) is 44.7 Å². The molecule has 1 rings (SSSR count). The van der Waals surface area contributed by atoms with Gasteiger partial charge in [0, 0.05) is 19.0 Å². The Kier molecular flexibility index (Phi) is 5.04. The van der Waals surface area contributed by atoms with Crippen molar-refractivity contribution in [1.82, 2.24) is 4.31 Å². The molecule has 1 unspecified atom stereocenters. The molecule has 0 aliphatic carbocycles. The van der Waals surface area contributed by atoms with Crippen LogP contribution >= 0.6 is 11.6 Å². The topological polar surface area (TPSA) is 57.6 Å². The molecule has 16 heavy (non-hydrogen) atoms. The number of hydrogen-bond donors (Lipinski definition) is 1. The fourth-order valence-electron chi connectivity index (χ4n) is 1.88. The highest BCUT2D eigenvalue weighted by molar-refractivity contribution is 7.89. The molecule has 1 heterocycles. The molecule has 1 saturated heterocycles. The minimum atomic E-state index is -3.18. The van der Waals surface area contributed by atoms with Gasteiger partial charge in [0.1, 0.15) is 0 Å². The molecule has 0 saturated carbocycles. The fraction of sp³-hybridized carbons (Fsp3) is 1.00. The minimum Gasteiger partial charge on any atom is -0.390 e. The zero-order chi connectivity index (χ0) is 12.2. The summed E-state index contributed by atoms with van der Waals surface area (Å²) in [6, 6.07) is 0. The second-order valence-electron chi connectivity index (χ2n) is 4.61. The predicted molar refractivity (Wildman–Crippen MR) is 65.2 cm³/mol. The lowest BCUT2D eigenvalue weighted by molar-refractivity contribution is 0.0465. The number of rotatable bonds is 4. The van der Waals surface area contributed by atoms with Gasteiger partial charge in [-0.3, -0.25) is 0 Å². The molecule has 0 aromatic rings. The van der Waals surface area contributed by atoms with Gasteiger partial charge in [-0.15, -0.1) is 11.6 Å². The van der Waals surface area contributed by atoms with Crippen LogP contribution in [0.1, 0.15) is 32.6 Å². The first-order valence-electron chi connectivity index (χ1n) is 5.64. The summed E-state index contributed by atoms with van der Waals surface area (Å²) in [5.41, 5.74) is -0.725. The van der Waals surface area contributed by atoms with Crippen molar-refractivity contribution in [3.05, 3.63) is 0 Å². The van der Waals surface area contributed by atoms with Crippen LogP contribution in [0.15, 0.2) is 0 Å². The summed E-state index contributed by atoms with van der Waals surface area (Å²) in [5, 5.41) is 9.87. The number of hydrogen-bond acceptors (Lipinski definition) is 3. The average Bonchev–Trinajstić information content (AvgIpc) is 2.36. The summed E-state index contributed by atoms with van der Waals surface area (Å²) < 4.78 is 25.3. The van der Waals surface area contributed by atoms with Gasteiger partial charge >= 0.3 is 0 Å². The summed E-state index contributed by atoms with van der Waals surface area (Å²) in [4.78, 5) is 0. The Morgan fingerprint density at radius 2 is 2.06 bits per heavy atom. The van der Waals surface area contributed by atoms with Crippen molar-refractivity contribution in [3.8, 4) is 0 Å². The standard InChI is InChI=1S/C10H20ClNO3S/c1-10(13)4-2-7-12(8-5-10)16(14,15)9-3-6-11/h13H,2-9H2,1H3. The molecule has 4 nitrogen and oxygen atoms in total. The van der Waals surface area contributed by atoms with E-state index in [1.54, 1.807) is 6.92 Å². The monoisotopic (exact) mass is 269 g/mol. The first-order valence-corrected chi connectivity index (χ1v) is 7.78. The highest BCUT2D eigenvalue weighted by atomic mass is 35.5. The van der Waals surface area contributed by atoms with Crippen LogP contribution in [0.3, 0.4) is 0 Å². The smallest absolute Gasteiger partial charge is 0.214 e. The van der Waals surface area contributed by atoms with E-state index in [9.17, 15) is 13.5 Å². The molecule has 6 heteroatoms. The summed E-state index contributed by atoms with van der Waals surface area (Å²) >= 11 is 5.50. The van der Waals surface area contributed by atoms with Gasteiger partial charge in [0.05, 0.1) is 11.4 Å². The van der Waals surface area contributed by atoms with Crippen LogP contribution in [0, 0.1) is 0 Å². The van der Waals surface area contributed by atoms with Crippen LogP contribution in [0.25, 0.3) is 0 Å². The van der Waals surface area contributed by atoms with Gasteiger partial charge in [-0.1, -0.05) is 0 Å². The largest absolute Gasteiger partial charge is 0.390 e. The lowest BCUT2D eigenvalue weighted by Crippen LogP contribution is -2.35. The van der Waals surface area contributed by atoms with Gasteiger partial charge in [0.25, 0.3) is 0 Å². The minimum absolute atomic E-state index is 0.110. The number of sulfonamides is 1. The van der Waals surface area contributed by atoms with E-state index >= 15 is 0 Å². The maximum absolute atomic E-state index is 11.9. The summed E-state index contributed by atoms with van der Waals surface area (Å²) in [6.07, 6.45) is 2.37. The van der Waals surface area contributed by atoms with E-state index in [-0.39, 0.29) is 5.75 Å². The van der Waals surface area contributed by atoms with Gasteiger partial charge < -0.3 is 5.11 Å². The second kappa shape index (κ2) is 5.67. The normalized spacial score (nSPS) is 28.9. The average molecular weight is 270 g/mol. The highest BCUT2D eigenvalue weighted by Crippen LogP contribution is 2.23. The van der Waals surface area contributed by atoms with Crippen LogP contribution in [0.5, 0.6) is 0 Å².